The van der Waals surface area contributed by atoms with Crippen LogP contribution in [0.25, 0.3) is 0 Å². The van der Waals surface area contributed by atoms with Crippen LogP contribution >= 0.6 is 0 Å². The first-order valence-electron chi connectivity index (χ1n) is 10.2. The number of nitrogens with zero attached hydrogens (tertiary/aromatic N) is 2. The molecule has 150 valence electrons. The van der Waals surface area contributed by atoms with Gasteiger partial charge in [0.15, 0.2) is 5.96 Å². The Morgan fingerprint density at radius 2 is 1.81 bits per heavy atom. The number of nitrogens with one attached hydrogen (secondary N) is 2. The zero-order chi connectivity index (χ0) is 19.2. The minimum Gasteiger partial charge on any atom is -0.370 e. The average Bonchev–Trinajstić information content (AvgIpc) is 2.70. The SMILES string of the molecule is NC(=NCCCCCCCC(=O)NOC1CCCCC1)Nc1ccncc1. The van der Waals surface area contributed by atoms with Crippen LogP contribution in [0.15, 0.2) is 29.5 Å². The predicted octanol–water partition coefficient (Wildman–Crippen LogP) is 3.53. The zero-order valence-electron chi connectivity index (χ0n) is 16.2. The highest BCUT2D eigenvalue weighted by atomic mass is 16.7. The van der Waals surface area contributed by atoms with Crippen LogP contribution in [-0.2, 0) is 9.63 Å². The molecule has 1 aromatic rings. The highest BCUT2D eigenvalue weighted by Gasteiger charge is 2.15. The Bertz CT molecular complexity index is 559. The number of hydrogen-bond donors (Lipinski definition) is 3. The van der Waals surface area contributed by atoms with Crippen LogP contribution in [0.5, 0.6) is 0 Å². The predicted molar refractivity (Wildman–Crippen MR) is 108 cm³/mol. The smallest absolute Gasteiger partial charge is 0.243 e. The lowest BCUT2D eigenvalue weighted by molar-refractivity contribution is -0.140. The Morgan fingerprint density at radius 1 is 1.11 bits per heavy atom. The van der Waals surface area contributed by atoms with Crippen molar-refractivity contribution in [2.45, 2.75) is 76.7 Å². The molecule has 7 heteroatoms. The molecule has 7 nitrogen and oxygen atoms in total. The van der Waals surface area contributed by atoms with Crippen molar-refractivity contribution in [1.82, 2.24) is 10.5 Å². The van der Waals surface area contributed by atoms with Crippen molar-refractivity contribution in [1.29, 1.82) is 0 Å². The van der Waals surface area contributed by atoms with Crippen molar-refractivity contribution in [3.8, 4) is 0 Å². The molecule has 27 heavy (non-hydrogen) atoms. The van der Waals surface area contributed by atoms with E-state index in [0.717, 1.165) is 50.6 Å². The Balaban J connectivity index is 1.41. The number of guanidine groups is 1. The third-order valence-electron chi connectivity index (χ3n) is 4.69. The Morgan fingerprint density at radius 3 is 2.59 bits per heavy atom. The van der Waals surface area contributed by atoms with Gasteiger partial charge < -0.3 is 11.1 Å². The molecule has 0 aromatic carbocycles. The second-order valence-corrected chi connectivity index (χ2v) is 7.05. The van der Waals surface area contributed by atoms with Gasteiger partial charge in [0.05, 0.1) is 6.10 Å². The summed E-state index contributed by atoms with van der Waals surface area (Å²) in [7, 11) is 0. The molecule has 1 amide bonds. The van der Waals surface area contributed by atoms with Crippen molar-refractivity contribution in [2.75, 3.05) is 11.9 Å². The molecule has 0 radical (unpaired) electrons. The van der Waals surface area contributed by atoms with Crippen molar-refractivity contribution in [2.24, 2.45) is 10.7 Å². The summed E-state index contributed by atoms with van der Waals surface area (Å²) < 4.78 is 0. The first-order valence-corrected chi connectivity index (χ1v) is 10.2. The summed E-state index contributed by atoms with van der Waals surface area (Å²) in [5.41, 5.74) is 9.35. The van der Waals surface area contributed by atoms with Crippen LogP contribution in [0.3, 0.4) is 0 Å². The number of rotatable bonds is 11. The van der Waals surface area contributed by atoms with Gasteiger partial charge in [0.1, 0.15) is 0 Å². The van der Waals surface area contributed by atoms with Crippen molar-refractivity contribution in [3.63, 3.8) is 0 Å². The molecule has 4 N–H and O–H groups in total. The minimum absolute atomic E-state index is 0.000123. The third-order valence-corrected chi connectivity index (χ3v) is 4.69. The number of hydroxylamine groups is 1. The molecular weight excluding hydrogens is 342 g/mol. The number of aliphatic imine (C=N–C) groups is 1. The molecule has 0 bridgehead atoms. The molecule has 1 fully saturated rings. The summed E-state index contributed by atoms with van der Waals surface area (Å²) in [4.78, 5) is 25.5. The van der Waals surface area contributed by atoms with Crippen molar-refractivity contribution < 1.29 is 9.63 Å². The van der Waals surface area contributed by atoms with Gasteiger partial charge in [0, 0.05) is 31.0 Å². The van der Waals surface area contributed by atoms with Crippen molar-refractivity contribution >= 4 is 17.6 Å². The molecule has 0 spiro atoms. The van der Waals surface area contributed by atoms with E-state index in [1.54, 1.807) is 12.4 Å². The lowest BCUT2D eigenvalue weighted by atomic mass is 9.98. The third kappa shape index (κ3) is 9.94. The molecular formula is C20H33N5O2. The van der Waals surface area contributed by atoms with Crippen LogP contribution in [0.2, 0.25) is 0 Å². The number of hydrogen-bond acceptors (Lipinski definition) is 4. The second-order valence-electron chi connectivity index (χ2n) is 7.05. The number of amides is 1. The lowest BCUT2D eigenvalue weighted by Gasteiger charge is -2.21. The van der Waals surface area contributed by atoms with Crippen LogP contribution in [0.1, 0.15) is 70.6 Å². The Labute approximate surface area is 162 Å². The fourth-order valence-electron chi connectivity index (χ4n) is 3.13. The van der Waals surface area contributed by atoms with E-state index in [2.05, 4.69) is 20.8 Å². The highest BCUT2D eigenvalue weighted by molar-refractivity contribution is 5.92. The average molecular weight is 376 g/mol. The topological polar surface area (TPSA) is 102 Å². The molecule has 0 aliphatic heterocycles. The fourth-order valence-corrected chi connectivity index (χ4v) is 3.13. The standard InChI is InChI=1S/C20H33N5O2/c21-20(24-17-12-15-22-16-13-17)23-14-8-3-1-2-7-11-19(26)25-27-18-9-5-4-6-10-18/h12-13,15-16,18H,1-11,14H2,(H,25,26)(H3,21,22,23,24). The van der Waals surface area contributed by atoms with Gasteiger partial charge in [-0.3, -0.25) is 19.6 Å². The maximum Gasteiger partial charge on any atom is 0.243 e. The first kappa shape index (κ1) is 21.2. The lowest BCUT2D eigenvalue weighted by Crippen LogP contribution is -2.30. The maximum absolute atomic E-state index is 11.8. The first-order chi connectivity index (χ1) is 13.2. The Hall–Kier alpha value is -2.15. The van der Waals surface area contributed by atoms with Gasteiger partial charge in [0.2, 0.25) is 5.91 Å². The van der Waals surface area contributed by atoms with E-state index in [4.69, 9.17) is 10.6 Å². The zero-order valence-corrected chi connectivity index (χ0v) is 16.2. The molecule has 0 atom stereocenters. The quantitative estimate of drug-likeness (QED) is 0.238. The number of nitrogens with two attached hydrogens (primary N) is 1. The van der Waals surface area contributed by atoms with E-state index in [-0.39, 0.29) is 12.0 Å². The summed E-state index contributed by atoms with van der Waals surface area (Å²) in [6.07, 6.45) is 15.1. The summed E-state index contributed by atoms with van der Waals surface area (Å²) in [5.74, 6) is 0.427. The number of pyridine rings is 1. The van der Waals surface area contributed by atoms with E-state index in [0.29, 0.717) is 18.9 Å². The van der Waals surface area contributed by atoms with Gasteiger partial charge in [-0.1, -0.05) is 38.5 Å². The van der Waals surface area contributed by atoms with E-state index < -0.39 is 0 Å². The van der Waals surface area contributed by atoms with E-state index in [1.807, 2.05) is 12.1 Å². The Kier molecular flexibility index (Phi) is 10.3. The van der Waals surface area contributed by atoms with Crippen LogP contribution in [-0.4, -0.2) is 29.5 Å². The summed E-state index contributed by atoms with van der Waals surface area (Å²) in [6, 6.07) is 3.69. The number of carbonyl (C=O) groups excluding carboxylic acids is 1. The largest absolute Gasteiger partial charge is 0.370 e. The fraction of sp³-hybridized carbons (Fsp3) is 0.650. The van der Waals surface area contributed by atoms with Gasteiger partial charge in [-0.15, -0.1) is 0 Å². The monoisotopic (exact) mass is 375 g/mol. The van der Waals surface area contributed by atoms with Gasteiger partial charge in [-0.25, -0.2) is 5.48 Å². The van der Waals surface area contributed by atoms with E-state index in [1.165, 1.54) is 19.3 Å². The minimum atomic E-state index is 0.000123. The summed E-state index contributed by atoms with van der Waals surface area (Å²) in [6.45, 7) is 0.708. The highest BCUT2D eigenvalue weighted by Crippen LogP contribution is 2.19. The van der Waals surface area contributed by atoms with Crippen LogP contribution in [0, 0.1) is 0 Å². The number of carbonyl (C=O) groups is 1. The number of unbranched alkanes of at least 4 members (excludes halogenated alkanes) is 4. The molecule has 0 unspecified atom stereocenters. The molecule has 1 aliphatic rings. The van der Waals surface area contributed by atoms with E-state index in [9.17, 15) is 4.79 Å². The van der Waals surface area contributed by atoms with Gasteiger partial charge in [-0.2, -0.15) is 0 Å². The molecule has 1 aromatic heterocycles. The number of anilines is 1. The number of aromatic nitrogens is 1. The molecule has 1 aliphatic carbocycles. The molecule has 1 heterocycles. The summed E-state index contributed by atoms with van der Waals surface area (Å²) >= 11 is 0. The summed E-state index contributed by atoms with van der Waals surface area (Å²) in [5, 5.41) is 3.03. The molecule has 2 rings (SSSR count). The van der Waals surface area contributed by atoms with E-state index >= 15 is 0 Å². The molecule has 1 saturated carbocycles. The van der Waals surface area contributed by atoms with Gasteiger partial charge >= 0.3 is 0 Å². The van der Waals surface area contributed by atoms with Gasteiger partial charge in [-0.05, 0) is 37.8 Å². The van der Waals surface area contributed by atoms with Crippen LogP contribution in [0.4, 0.5) is 5.69 Å². The normalized spacial score (nSPS) is 15.5. The van der Waals surface area contributed by atoms with Crippen molar-refractivity contribution in [3.05, 3.63) is 24.5 Å². The second kappa shape index (κ2) is 13.1. The van der Waals surface area contributed by atoms with Gasteiger partial charge in [0.25, 0.3) is 0 Å². The molecule has 0 saturated heterocycles. The van der Waals surface area contributed by atoms with Crippen LogP contribution < -0.4 is 16.5 Å². The maximum atomic E-state index is 11.8.